The van der Waals surface area contributed by atoms with E-state index in [1.54, 1.807) is 0 Å². The van der Waals surface area contributed by atoms with Crippen molar-refractivity contribution in [3.8, 4) is 0 Å². The van der Waals surface area contributed by atoms with E-state index in [9.17, 15) is 9.59 Å². The maximum Gasteiger partial charge on any atom is 0.408 e. The number of hydrogen-bond donors (Lipinski definition) is 3. The number of aliphatic hydroxyl groups is 1. The smallest absolute Gasteiger partial charge is 0.408 e. The van der Waals surface area contributed by atoms with Gasteiger partial charge in [-0.3, -0.25) is 0 Å². The molecule has 0 saturated heterocycles. The zero-order valence-electron chi connectivity index (χ0n) is 12.3. The average Bonchev–Trinajstić information content (AvgIpc) is 2.35. The van der Waals surface area contributed by atoms with Gasteiger partial charge in [-0.2, -0.15) is 0 Å². The number of aliphatic carboxylic acids is 1. The van der Waals surface area contributed by atoms with Crippen LogP contribution in [-0.4, -0.2) is 41.0 Å². The lowest BCUT2D eigenvalue weighted by atomic mass is 9.75. The van der Waals surface area contributed by atoms with Crippen LogP contribution in [0.1, 0.15) is 40.0 Å². The topological polar surface area (TPSA) is 95.9 Å². The van der Waals surface area contributed by atoms with Gasteiger partial charge < -0.3 is 20.3 Å². The van der Waals surface area contributed by atoms with E-state index in [4.69, 9.17) is 14.9 Å². The van der Waals surface area contributed by atoms with Crippen molar-refractivity contribution in [2.45, 2.75) is 52.2 Å². The van der Waals surface area contributed by atoms with Crippen molar-refractivity contribution in [2.75, 3.05) is 6.61 Å². The highest BCUT2D eigenvalue weighted by molar-refractivity contribution is 5.80. The molecule has 1 aliphatic carbocycles. The summed E-state index contributed by atoms with van der Waals surface area (Å²) in [6, 6.07) is -1.32. The molecule has 1 amide bonds. The largest absolute Gasteiger partial charge is 0.480 e. The Kier molecular flexibility index (Phi) is 6.26. The first kappa shape index (κ1) is 16.8. The second-order valence-electron chi connectivity index (χ2n) is 5.99. The first-order valence-electron chi connectivity index (χ1n) is 7.16. The highest BCUT2D eigenvalue weighted by atomic mass is 16.6. The van der Waals surface area contributed by atoms with Gasteiger partial charge in [0.1, 0.15) is 6.10 Å². The number of rotatable bonds is 5. The summed E-state index contributed by atoms with van der Waals surface area (Å²) < 4.78 is 5.39. The molecule has 1 rings (SSSR count). The Hall–Kier alpha value is -1.30. The molecule has 20 heavy (non-hydrogen) atoms. The van der Waals surface area contributed by atoms with E-state index in [2.05, 4.69) is 26.1 Å². The Morgan fingerprint density at radius 2 is 2.00 bits per heavy atom. The van der Waals surface area contributed by atoms with Gasteiger partial charge in [-0.15, -0.1) is 0 Å². The Morgan fingerprint density at radius 1 is 1.35 bits per heavy atom. The van der Waals surface area contributed by atoms with Gasteiger partial charge in [-0.1, -0.05) is 27.2 Å². The number of hydrogen-bond acceptors (Lipinski definition) is 4. The zero-order chi connectivity index (χ0) is 15.3. The van der Waals surface area contributed by atoms with Crippen molar-refractivity contribution in [1.29, 1.82) is 0 Å². The molecule has 116 valence electrons. The van der Waals surface area contributed by atoms with Crippen molar-refractivity contribution >= 4 is 12.1 Å². The predicted octanol–water partition coefficient (Wildman–Crippen LogP) is 1.62. The number of nitrogens with one attached hydrogen (secondary N) is 1. The van der Waals surface area contributed by atoms with E-state index < -0.39 is 24.7 Å². The van der Waals surface area contributed by atoms with E-state index in [0.717, 1.165) is 19.3 Å². The summed E-state index contributed by atoms with van der Waals surface area (Å²) in [4.78, 5) is 22.5. The first-order chi connectivity index (χ1) is 9.35. The first-order valence-corrected chi connectivity index (χ1v) is 7.16. The van der Waals surface area contributed by atoms with Gasteiger partial charge in [0.2, 0.25) is 0 Å². The Balaban J connectivity index is 2.59. The molecule has 3 unspecified atom stereocenters. The number of carbonyl (C=O) groups is 2. The van der Waals surface area contributed by atoms with Gasteiger partial charge in [0.25, 0.3) is 0 Å². The number of ether oxygens (including phenoxy) is 1. The Bertz CT molecular complexity index is 344. The summed E-state index contributed by atoms with van der Waals surface area (Å²) in [7, 11) is 0. The monoisotopic (exact) mass is 287 g/mol. The van der Waals surface area contributed by atoms with Crippen LogP contribution in [0.4, 0.5) is 4.79 Å². The maximum absolute atomic E-state index is 11.8. The van der Waals surface area contributed by atoms with Gasteiger partial charge in [0, 0.05) is 0 Å². The molecule has 6 heteroatoms. The number of carbonyl (C=O) groups excluding carboxylic acids is 1. The molecular weight excluding hydrogens is 262 g/mol. The minimum Gasteiger partial charge on any atom is -0.480 e. The third-order valence-corrected chi connectivity index (χ3v) is 3.99. The molecule has 0 aromatic rings. The highest BCUT2D eigenvalue weighted by Crippen LogP contribution is 2.35. The molecule has 4 atom stereocenters. The average molecular weight is 287 g/mol. The molecule has 0 radical (unpaired) electrons. The molecule has 0 spiro atoms. The zero-order valence-corrected chi connectivity index (χ0v) is 12.3. The third-order valence-electron chi connectivity index (χ3n) is 3.99. The molecule has 3 N–H and O–H groups in total. The molecule has 0 aromatic heterocycles. The summed E-state index contributed by atoms with van der Waals surface area (Å²) >= 11 is 0. The molecule has 1 aliphatic rings. The molecule has 0 aliphatic heterocycles. The van der Waals surface area contributed by atoms with Gasteiger partial charge in [-0.05, 0) is 30.6 Å². The van der Waals surface area contributed by atoms with Crippen LogP contribution in [0.25, 0.3) is 0 Å². The van der Waals surface area contributed by atoms with Crippen molar-refractivity contribution in [2.24, 2.45) is 17.8 Å². The minimum absolute atomic E-state index is 0.188. The third kappa shape index (κ3) is 4.67. The molecule has 0 aromatic carbocycles. The van der Waals surface area contributed by atoms with Crippen LogP contribution in [0.2, 0.25) is 0 Å². The standard InChI is InChI=1S/C14H25NO5/c1-8(2)10-5-4-9(3)6-12(10)20-14(19)15-11(7-16)13(17)18/h8-12,16H,4-7H2,1-3H3,(H,15,19)(H,17,18)/t9?,10?,11-,12?/m0/s1. The number of aliphatic hydroxyl groups excluding tert-OH is 1. The summed E-state index contributed by atoms with van der Waals surface area (Å²) in [5.41, 5.74) is 0. The van der Waals surface area contributed by atoms with Gasteiger partial charge in [-0.25, -0.2) is 9.59 Å². The second-order valence-corrected chi connectivity index (χ2v) is 5.99. The van der Waals surface area contributed by atoms with Crippen LogP contribution in [0, 0.1) is 17.8 Å². The predicted molar refractivity (Wildman–Crippen MR) is 73.3 cm³/mol. The fourth-order valence-electron chi connectivity index (χ4n) is 2.75. The van der Waals surface area contributed by atoms with Gasteiger partial charge in [0.15, 0.2) is 6.04 Å². The maximum atomic E-state index is 11.8. The van der Waals surface area contributed by atoms with Crippen molar-refractivity contribution in [3.05, 3.63) is 0 Å². The van der Waals surface area contributed by atoms with Crippen molar-refractivity contribution < 1.29 is 24.5 Å². The molecule has 1 fully saturated rings. The van der Waals surface area contributed by atoms with E-state index >= 15 is 0 Å². The molecular formula is C14H25NO5. The van der Waals surface area contributed by atoms with E-state index in [-0.39, 0.29) is 6.10 Å². The molecule has 6 nitrogen and oxygen atoms in total. The minimum atomic E-state index is -1.32. The number of alkyl carbamates (subject to hydrolysis) is 1. The fraction of sp³-hybridized carbons (Fsp3) is 0.857. The van der Waals surface area contributed by atoms with E-state index in [0.29, 0.717) is 17.8 Å². The van der Waals surface area contributed by atoms with Crippen molar-refractivity contribution in [3.63, 3.8) is 0 Å². The quantitative estimate of drug-likeness (QED) is 0.714. The lowest BCUT2D eigenvalue weighted by Crippen LogP contribution is -2.46. The summed E-state index contributed by atoms with van der Waals surface area (Å²) in [6.07, 6.45) is 1.98. The van der Waals surface area contributed by atoms with Crippen LogP contribution in [0.15, 0.2) is 0 Å². The van der Waals surface area contributed by atoms with Crippen LogP contribution in [-0.2, 0) is 9.53 Å². The highest BCUT2D eigenvalue weighted by Gasteiger charge is 2.34. The Labute approximate surface area is 119 Å². The van der Waals surface area contributed by atoms with Crippen LogP contribution >= 0.6 is 0 Å². The second kappa shape index (κ2) is 7.47. The van der Waals surface area contributed by atoms with E-state index in [1.165, 1.54) is 0 Å². The number of carboxylic acid groups (broad SMARTS) is 1. The summed E-state index contributed by atoms with van der Waals surface area (Å²) in [6.45, 7) is 5.67. The lowest BCUT2D eigenvalue weighted by molar-refractivity contribution is -0.140. The summed E-state index contributed by atoms with van der Waals surface area (Å²) in [5, 5.41) is 19.8. The number of amides is 1. The normalized spacial score (nSPS) is 27.9. The summed E-state index contributed by atoms with van der Waals surface area (Å²) in [5.74, 6) is -0.0689. The van der Waals surface area contributed by atoms with Crippen LogP contribution in [0.3, 0.4) is 0 Å². The molecule has 0 heterocycles. The van der Waals surface area contributed by atoms with Gasteiger partial charge in [0.05, 0.1) is 6.61 Å². The molecule has 0 bridgehead atoms. The SMILES string of the molecule is CC1CCC(C(C)C)C(OC(=O)N[C@@H](CO)C(=O)O)C1. The van der Waals surface area contributed by atoms with E-state index in [1.807, 2.05) is 0 Å². The number of carboxylic acids is 1. The fourth-order valence-corrected chi connectivity index (χ4v) is 2.75. The molecule has 1 saturated carbocycles. The lowest BCUT2D eigenvalue weighted by Gasteiger charge is -2.36. The van der Waals surface area contributed by atoms with Crippen LogP contribution < -0.4 is 5.32 Å². The van der Waals surface area contributed by atoms with Gasteiger partial charge >= 0.3 is 12.1 Å². The Morgan fingerprint density at radius 3 is 2.50 bits per heavy atom. The van der Waals surface area contributed by atoms with Crippen molar-refractivity contribution in [1.82, 2.24) is 5.32 Å². The van der Waals surface area contributed by atoms with Crippen LogP contribution in [0.5, 0.6) is 0 Å².